The normalized spacial score (nSPS) is 10.9. The van der Waals surface area contributed by atoms with Crippen molar-refractivity contribution < 1.29 is 14.2 Å². The summed E-state index contributed by atoms with van der Waals surface area (Å²) in [5.74, 6) is 0.416. The Hall–Kier alpha value is -1.40. The SMILES string of the molecule is CCOC(CCn1nc(OC)ccc1=O)OCC. The summed E-state index contributed by atoms with van der Waals surface area (Å²) in [5, 5.41) is 4.05. The smallest absolute Gasteiger partial charge is 0.266 e. The molecule has 0 aliphatic rings. The molecule has 1 aromatic rings. The van der Waals surface area contributed by atoms with Gasteiger partial charge < -0.3 is 14.2 Å². The molecular weight excluding hydrogens is 236 g/mol. The zero-order chi connectivity index (χ0) is 13.4. The number of hydrogen-bond acceptors (Lipinski definition) is 5. The van der Waals surface area contributed by atoms with Crippen molar-refractivity contribution >= 4 is 0 Å². The van der Waals surface area contributed by atoms with Crippen LogP contribution in [0.25, 0.3) is 0 Å². The van der Waals surface area contributed by atoms with Gasteiger partial charge in [0.25, 0.3) is 5.56 Å². The van der Waals surface area contributed by atoms with E-state index < -0.39 is 0 Å². The van der Waals surface area contributed by atoms with Gasteiger partial charge in [-0.1, -0.05) is 0 Å². The molecule has 18 heavy (non-hydrogen) atoms. The van der Waals surface area contributed by atoms with Gasteiger partial charge in [0, 0.05) is 38.3 Å². The van der Waals surface area contributed by atoms with Crippen molar-refractivity contribution in [2.24, 2.45) is 0 Å². The molecule has 0 N–H and O–H groups in total. The van der Waals surface area contributed by atoms with Crippen LogP contribution in [0.4, 0.5) is 0 Å². The van der Waals surface area contributed by atoms with E-state index in [0.29, 0.717) is 32.1 Å². The van der Waals surface area contributed by atoms with Crippen molar-refractivity contribution in [2.45, 2.75) is 33.1 Å². The Bertz CT molecular complexity index is 399. The molecule has 0 aliphatic heterocycles. The summed E-state index contributed by atoms with van der Waals surface area (Å²) >= 11 is 0. The summed E-state index contributed by atoms with van der Waals surface area (Å²) in [4.78, 5) is 11.6. The highest BCUT2D eigenvalue weighted by molar-refractivity contribution is 5.05. The van der Waals surface area contributed by atoms with E-state index in [1.54, 1.807) is 6.07 Å². The fraction of sp³-hybridized carbons (Fsp3) is 0.667. The van der Waals surface area contributed by atoms with Crippen molar-refractivity contribution in [1.29, 1.82) is 0 Å². The molecule has 1 heterocycles. The first-order valence-corrected chi connectivity index (χ1v) is 6.06. The van der Waals surface area contributed by atoms with Crippen molar-refractivity contribution in [1.82, 2.24) is 9.78 Å². The molecule has 1 aromatic heterocycles. The van der Waals surface area contributed by atoms with E-state index in [-0.39, 0.29) is 11.8 Å². The van der Waals surface area contributed by atoms with Crippen molar-refractivity contribution in [3.8, 4) is 5.88 Å². The Morgan fingerprint density at radius 2 is 1.94 bits per heavy atom. The third-order valence-electron chi connectivity index (χ3n) is 2.33. The number of aryl methyl sites for hydroxylation is 1. The van der Waals surface area contributed by atoms with Crippen LogP contribution in [0.1, 0.15) is 20.3 Å². The van der Waals surface area contributed by atoms with Crippen LogP contribution < -0.4 is 10.3 Å². The van der Waals surface area contributed by atoms with E-state index in [0.717, 1.165) is 0 Å². The molecule has 0 saturated heterocycles. The van der Waals surface area contributed by atoms with Crippen molar-refractivity contribution in [2.75, 3.05) is 20.3 Å². The quantitative estimate of drug-likeness (QED) is 0.650. The molecule has 0 fully saturated rings. The Kier molecular flexibility index (Phi) is 6.38. The van der Waals surface area contributed by atoms with Crippen LogP contribution in [0.3, 0.4) is 0 Å². The van der Waals surface area contributed by atoms with Gasteiger partial charge >= 0.3 is 0 Å². The van der Waals surface area contributed by atoms with Crippen molar-refractivity contribution in [3.63, 3.8) is 0 Å². The second-order valence-electron chi connectivity index (χ2n) is 3.57. The lowest BCUT2D eigenvalue weighted by atomic mass is 10.4. The minimum Gasteiger partial charge on any atom is -0.480 e. The minimum absolute atomic E-state index is 0.164. The molecule has 6 nitrogen and oxygen atoms in total. The maximum absolute atomic E-state index is 11.6. The highest BCUT2D eigenvalue weighted by Gasteiger charge is 2.09. The molecule has 0 unspecified atom stereocenters. The van der Waals surface area contributed by atoms with Gasteiger partial charge in [-0.3, -0.25) is 4.79 Å². The molecule has 6 heteroatoms. The van der Waals surface area contributed by atoms with Crippen molar-refractivity contribution in [3.05, 3.63) is 22.5 Å². The Labute approximate surface area is 106 Å². The van der Waals surface area contributed by atoms with Gasteiger partial charge in [-0.05, 0) is 13.8 Å². The van der Waals surface area contributed by atoms with Gasteiger partial charge in [0.2, 0.25) is 5.88 Å². The van der Waals surface area contributed by atoms with Crippen LogP contribution in [0.5, 0.6) is 5.88 Å². The van der Waals surface area contributed by atoms with Crippen LogP contribution in [-0.2, 0) is 16.0 Å². The maximum atomic E-state index is 11.6. The molecular formula is C12H20N2O4. The number of aromatic nitrogens is 2. The van der Waals surface area contributed by atoms with Gasteiger partial charge in [-0.2, -0.15) is 0 Å². The largest absolute Gasteiger partial charge is 0.480 e. The third kappa shape index (κ3) is 4.46. The molecule has 0 aliphatic carbocycles. The van der Waals surface area contributed by atoms with Crippen LogP contribution in [0.2, 0.25) is 0 Å². The van der Waals surface area contributed by atoms with Crippen LogP contribution in [0.15, 0.2) is 16.9 Å². The fourth-order valence-corrected chi connectivity index (χ4v) is 1.51. The maximum Gasteiger partial charge on any atom is 0.266 e. The van der Waals surface area contributed by atoms with Crippen LogP contribution >= 0.6 is 0 Å². The predicted octanol–water partition coefficient (Wildman–Crippen LogP) is 1.04. The molecule has 102 valence electrons. The lowest BCUT2D eigenvalue weighted by molar-refractivity contribution is -0.141. The second kappa shape index (κ2) is 7.84. The van der Waals surface area contributed by atoms with E-state index >= 15 is 0 Å². The predicted molar refractivity (Wildman–Crippen MR) is 66.7 cm³/mol. The van der Waals surface area contributed by atoms with E-state index in [4.69, 9.17) is 14.2 Å². The minimum atomic E-state index is -0.306. The molecule has 0 radical (unpaired) electrons. The molecule has 0 spiro atoms. The van der Waals surface area contributed by atoms with E-state index in [1.165, 1.54) is 17.9 Å². The standard InChI is InChI=1S/C12H20N2O4/c1-4-17-12(18-5-2)8-9-14-11(15)7-6-10(13-14)16-3/h6-7,12H,4-5,8-9H2,1-3H3. The first-order valence-electron chi connectivity index (χ1n) is 6.06. The van der Waals surface area contributed by atoms with Gasteiger partial charge in [0.05, 0.1) is 7.11 Å². The summed E-state index contributed by atoms with van der Waals surface area (Å²) in [5.41, 5.74) is -0.164. The van der Waals surface area contributed by atoms with Gasteiger partial charge in [0.1, 0.15) is 0 Å². The topological polar surface area (TPSA) is 62.6 Å². The van der Waals surface area contributed by atoms with E-state index in [9.17, 15) is 4.79 Å². The number of hydrogen-bond donors (Lipinski definition) is 0. The molecule has 0 saturated carbocycles. The summed E-state index contributed by atoms with van der Waals surface area (Å²) in [6.45, 7) is 5.39. The first-order chi connectivity index (χ1) is 8.71. The van der Waals surface area contributed by atoms with Gasteiger partial charge in [-0.15, -0.1) is 5.10 Å². The Balaban J connectivity index is 2.63. The molecule has 0 amide bonds. The summed E-state index contributed by atoms with van der Waals surface area (Å²) < 4.78 is 17.1. The zero-order valence-corrected chi connectivity index (χ0v) is 11.1. The summed E-state index contributed by atoms with van der Waals surface area (Å²) in [7, 11) is 1.51. The highest BCUT2D eigenvalue weighted by Crippen LogP contribution is 2.04. The average molecular weight is 256 g/mol. The number of rotatable bonds is 8. The van der Waals surface area contributed by atoms with Crippen LogP contribution in [0, 0.1) is 0 Å². The monoisotopic (exact) mass is 256 g/mol. The van der Waals surface area contributed by atoms with Gasteiger partial charge in [-0.25, -0.2) is 4.68 Å². The Morgan fingerprint density at radius 1 is 1.28 bits per heavy atom. The molecule has 0 atom stereocenters. The second-order valence-corrected chi connectivity index (χ2v) is 3.57. The summed E-state index contributed by atoms with van der Waals surface area (Å²) in [6.07, 6.45) is 0.266. The fourth-order valence-electron chi connectivity index (χ4n) is 1.51. The lowest BCUT2D eigenvalue weighted by Gasteiger charge is -2.16. The van der Waals surface area contributed by atoms with Gasteiger partial charge in [0.15, 0.2) is 6.29 Å². The zero-order valence-electron chi connectivity index (χ0n) is 11.1. The number of ether oxygens (including phenoxy) is 3. The number of nitrogens with zero attached hydrogens (tertiary/aromatic N) is 2. The highest BCUT2D eigenvalue weighted by atomic mass is 16.7. The average Bonchev–Trinajstić information content (AvgIpc) is 2.38. The molecule has 1 rings (SSSR count). The molecule has 0 bridgehead atoms. The molecule has 0 aromatic carbocycles. The summed E-state index contributed by atoms with van der Waals surface area (Å²) in [6, 6.07) is 2.98. The first kappa shape index (κ1) is 14.7. The third-order valence-corrected chi connectivity index (χ3v) is 2.33. The van der Waals surface area contributed by atoms with Crippen LogP contribution in [-0.4, -0.2) is 36.4 Å². The van der Waals surface area contributed by atoms with E-state index in [1.807, 2.05) is 13.8 Å². The Morgan fingerprint density at radius 3 is 2.50 bits per heavy atom. The lowest BCUT2D eigenvalue weighted by Crippen LogP contribution is -2.26. The van der Waals surface area contributed by atoms with E-state index in [2.05, 4.69) is 5.10 Å². The number of methoxy groups -OCH3 is 1.